The number of carbonyl (C=O) groups is 3. The molecule has 0 saturated carbocycles. The largest absolute Gasteiger partial charge is 0.494 e. The number of benzene rings is 2. The fraction of sp³-hybridized carbons (Fsp3) is 0.321. The Morgan fingerprint density at radius 2 is 1.93 bits per heavy atom. The summed E-state index contributed by atoms with van der Waals surface area (Å²) in [6, 6.07) is 10.1. The summed E-state index contributed by atoms with van der Waals surface area (Å²) < 4.78 is 24.9. The maximum atomic E-state index is 13.2. The second-order valence-electron chi connectivity index (χ2n) is 9.48. The van der Waals surface area contributed by atoms with Crippen molar-refractivity contribution in [3.63, 3.8) is 0 Å². The molecule has 220 valence electrons. The molecule has 0 fully saturated rings. The predicted molar refractivity (Wildman–Crippen MR) is 151 cm³/mol. The zero-order valence-electron chi connectivity index (χ0n) is 23.4. The number of aryl methyl sites for hydroxylation is 3. The number of methoxy groups -OCH3 is 1. The molecule has 2 aromatic carbocycles. The molecule has 0 aliphatic carbocycles. The molecule has 0 saturated heterocycles. The number of rotatable bonds is 11. The van der Waals surface area contributed by atoms with Crippen LogP contribution in [0.15, 0.2) is 36.4 Å². The third kappa shape index (κ3) is 5.92. The van der Waals surface area contributed by atoms with E-state index in [9.17, 15) is 14.4 Å². The molecule has 0 atom stereocenters. The van der Waals surface area contributed by atoms with Crippen LogP contribution in [0.4, 0.5) is 10.7 Å². The van der Waals surface area contributed by atoms with Gasteiger partial charge in [0.2, 0.25) is 18.6 Å². The van der Waals surface area contributed by atoms with E-state index >= 15 is 0 Å². The summed E-state index contributed by atoms with van der Waals surface area (Å²) in [5, 5.41) is 9.92. The van der Waals surface area contributed by atoms with Crippen molar-refractivity contribution in [2.24, 2.45) is 5.73 Å². The molecule has 0 bridgehead atoms. The Labute approximate surface area is 240 Å². The summed E-state index contributed by atoms with van der Waals surface area (Å²) in [6.45, 7) is 5.06. The fourth-order valence-corrected chi connectivity index (χ4v) is 4.63. The lowest BCUT2D eigenvalue weighted by atomic mass is 10.1. The molecule has 0 radical (unpaired) electrons. The van der Waals surface area contributed by atoms with Crippen molar-refractivity contribution < 1.29 is 33.3 Å². The lowest BCUT2D eigenvalue weighted by Crippen LogP contribution is -2.26. The maximum Gasteiger partial charge on any atom is 0.407 e. The van der Waals surface area contributed by atoms with Crippen LogP contribution in [0.5, 0.6) is 17.2 Å². The average Bonchev–Trinajstić information content (AvgIpc) is 3.69. The highest BCUT2D eigenvalue weighted by atomic mass is 16.7. The van der Waals surface area contributed by atoms with E-state index in [4.69, 9.17) is 24.7 Å². The second kappa shape index (κ2) is 12.1. The van der Waals surface area contributed by atoms with Crippen molar-refractivity contribution in [1.82, 2.24) is 24.6 Å². The molecule has 14 heteroatoms. The van der Waals surface area contributed by atoms with Crippen LogP contribution in [0.1, 0.15) is 45.4 Å². The molecule has 1 aliphatic heterocycles. The van der Waals surface area contributed by atoms with Crippen LogP contribution in [0.25, 0.3) is 11.0 Å². The van der Waals surface area contributed by atoms with Crippen molar-refractivity contribution in [2.45, 2.75) is 40.0 Å². The van der Waals surface area contributed by atoms with Gasteiger partial charge >= 0.3 is 6.09 Å². The smallest absolute Gasteiger partial charge is 0.407 e. The first-order valence-electron chi connectivity index (χ1n) is 13.3. The molecule has 14 nitrogen and oxygen atoms in total. The number of primary amides is 1. The average molecular weight is 578 g/mol. The van der Waals surface area contributed by atoms with Gasteiger partial charge in [-0.15, -0.1) is 0 Å². The van der Waals surface area contributed by atoms with Crippen molar-refractivity contribution in [1.29, 1.82) is 0 Å². The Bertz CT molecular complexity index is 1660. The number of ether oxygens (including phenoxy) is 4. The number of imidazole rings is 1. The number of anilines is 1. The molecule has 42 heavy (non-hydrogen) atoms. The van der Waals surface area contributed by atoms with Gasteiger partial charge in [0.25, 0.3) is 5.91 Å². The van der Waals surface area contributed by atoms with E-state index in [-0.39, 0.29) is 31.5 Å². The first kappa shape index (κ1) is 28.3. The molecular formula is C28H31N7O7. The Morgan fingerprint density at radius 3 is 2.69 bits per heavy atom. The number of amides is 3. The van der Waals surface area contributed by atoms with Gasteiger partial charge in [-0.05, 0) is 56.2 Å². The van der Waals surface area contributed by atoms with Crippen LogP contribution in [0.3, 0.4) is 0 Å². The fourth-order valence-electron chi connectivity index (χ4n) is 4.63. The molecule has 5 rings (SSSR count). The van der Waals surface area contributed by atoms with Crippen LogP contribution in [0, 0.1) is 6.92 Å². The van der Waals surface area contributed by atoms with Crippen molar-refractivity contribution in [2.75, 3.05) is 25.8 Å². The van der Waals surface area contributed by atoms with Gasteiger partial charge in [-0.3, -0.25) is 19.6 Å². The number of carbonyl (C=O) groups excluding carboxylic acids is 3. The van der Waals surface area contributed by atoms with E-state index in [0.717, 1.165) is 5.56 Å². The molecule has 0 spiro atoms. The van der Waals surface area contributed by atoms with Crippen LogP contribution in [-0.2, 0) is 24.4 Å². The Balaban J connectivity index is 1.29. The number of alkyl carbamates (subject to hydrolysis) is 1. The molecular weight excluding hydrogens is 546 g/mol. The monoisotopic (exact) mass is 577 g/mol. The van der Waals surface area contributed by atoms with Gasteiger partial charge in [-0.25, -0.2) is 9.78 Å². The first-order chi connectivity index (χ1) is 20.3. The Kier molecular flexibility index (Phi) is 8.13. The van der Waals surface area contributed by atoms with Gasteiger partial charge in [0.1, 0.15) is 23.6 Å². The van der Waals surface area contributed by atoms with Gasteiger partial charge in [-0.2, -0.15) is 5.10 Å². The van der Waals surface area contributed by atoms with Gasteiger partial charge in [0.15, 0.2) is 11.5 Å². The van der Waals surface area contributed by atoms with E-state index in [1.807, 2.05) is 13.8 Å². The van der Waals surface area contributed by atoms with E-state index in [1.165, 1.54) is 13.2 Å². The zero-order valence-corrected chi connectivity index (χ0v) is 23.4. The van der Waals surface area contributed by atoms with E-state index in [1.54, 1.807) is 39.6 Å². The Morgan fingerprint density at radius 1 is 1.12 bits per heavy atom. The SMILES string of the molecule is CCn1nc(C)cc1C(=O)Nc1nc2cc(C(N)=O)cc(OC)c2n1CCCNC(=O)OCc1ccc2c(c1)OCO2. The molecule has 0 unspecified atom stereocenters. The zero-order chi connectivity index (χ0) is 29.8. The minimum absolute atomic E-state index is 0.0675. The summed E-state index contributed by atoms with van der Waals surface area (Å²) in [5.74, 6) is 0.829. The minimum Gasteiger partial charge on any atom is -0.494 e. The summed E-state index contributed by atoms with van der Waals surface area (Å²) >= 11 is 0. The van der Waals surface area contributed by atoms with Crippen LogP contribution < -0.4 is 30.6 Å². The summed E-state index contributed by atoms with van der Waals surface area (Å²) in [6.07, 6.45) is -0.122. The minimum atomic E-state index is -0.638. The van der Waals surface area contributed by atoms with Crippen LogP contribution >= 0.6 is 0 Å². The third-order valence-electron chi connectivity index (χ3n) is 6.61. The van der Waals surface area contributed by atoms with Crippen molar-refractivity contribution >= 4 is 34.9 Å². The highest BCUT2D eigenvalue weighted by Crippen LogP contribution is 2.33. The number of hydrogen-bond acceptors (Lipinski definition) is 9. The number of fused-ring (bicyclic) bond motifs is 2. The van der Waals surface area contributed by atoms with Gasteiger partial charge in [-0.1, -0.05) is 6.07 Å². The lowest BCUT2D eigenvalue weighted by molar-refractivity contribution is 0.0995. The number of nitrogens with one attached hydrogen (secondary N) is 2. The highest BCUT2D eigenvalue weighted by molar-refractivity contribution is 6.04. The summed E-state index contributed by atoms with van der Waals surface area (Å²) in [5.41, 5.74) is 8.54. The standard InChI is InChI=1S/C28H31N7O7/c1-4-35-20(10-16(2)33-35)26(37)32-27-31-19-12-18(25(29)36)13-23(39-3)24(19)34(27)9-5-8-30-28(38)40-14-17-6-7-21-22(11-17)42-15-41-21/h6-7,10-13H,4-5,8-9,14-15H2,1-3H3,(H2,29,36)(H,30,38)(H,31,32,37). The van der Waals surface area contributed by atoms with Gasteiger partial charge in [0, 0.05) is 25.2 Å². The first-order valence-corrected chi connectivity index (χ1v) is 13.3. The molecule has 4 N–H and O–H groups in total. The molecule has 1 aliphatic rings. The molecule has 3 heterocycles. The molecule has 4 aromatic rings. The molecule has 2 aromatic heterocycles. The number of aromatic nitrogens is 4. The highest BCUT2D eigenvalue weighted by Gasteiger charge is 2.21. The van der Waals surface area contributed by atoms with Gasteiger partial charge in [0.05, 0.1) is 18.3 Å². The van der Waals surface area contributed by atoms with Crippen molar-refractivity contribution in [3.05, 3.63) is 58.9 Å². The number of nitrogens with zero attached hydrogens (tertiary/aromatic N) is 4. The molecule has 3 amide bonds. The second-order valence-corrected chi connectivity index (χ2v) is 9.48. The lowest BCUT2D eigenvalue weighted by Gasteiger charge is -2.13. The van der Waals surface area contributed by atoms with E-state index < -0.39 is 17.9 Å². The number of nitrogens with two attached hydrogens (primary N) is 1. The normalized spacial score (nSPS) is 11.9. The Hall–Kier alpha value is -5.27. The summed E-state index contributed by atoms with van der Waals surface area (Å²) in [4.78, 5) is 42.0. The van der Waals surface area contributed by atoms with E-state index in [2.05, 4.69) is 20.7 Å². The van der Waals surface area contributed by atoms with Crippen molar-refractivity contribution in [3.8, 4) is 17.2 Å². The topological polar surface area (TPSA) is 174 Å². The predicted octanol–water partition coefficient (Wildman–Crippen LogP) is 2.97. The maximum absolute atomic E-state index is 13.2. The van der Waals surface area contributed by atoms with Crippen LogP contribution in [-0.4, -0.2) is 57.7 Å². The van der Waals surface area contributed by atoms with Gasteiger partial charge < -0.3 is 34.6 Å². The van der Waals surface area contributed by atoms with Crippen LogP contribution in [0.2, 0.25) is 0 Å². The summed E-state index contributed by atoms with van der Waals surface area (Å²) in [7, 11) is 1.47. The van der Waals surface area contributed by atoms with E-state index in [0.29, 0.717) is 59.2 Å². The quantitative estimate of drug-likeness (QED) is 0.226. The third-order valence-corrected chi connectivity index (χ3v) is 6.61. The number of hydrogen-bond donors (Lipinski definition) is 3.